The van der Waals surface area contributed by atoms with Crippen molar-refractivity contribution in [2.45, 2.75) is 26.7 Å². The second-order valence-corrected chi connectivity index (χ2v) is 5.99. The Morgan fingerprint density at radius 1 is 1.12 bits per heavy atom. The lowest BCUT2D eigenvalue weighted by Crippen LogP contribution is -2.33. The van der Waals surface area contributed by atoms with Crippen molar-refractivity contribution < 1.29 is 8.42 Å². The summed E-state index contributed by atoms with van der Waals surface area (Å²) in [7, 11) is -3.21. The molecular formula is C12H20N2O2S. The largest absolute Gasteiger partial charge is 0.399 e. The van der Waals surface area contributed by atoms with E-state index in [4.69, 9.17) is 5.73 Å². The molecule has 5 heteroatoms. The highest BCUT2D eigenvalue weighted by atomic mass is 32.2. The normalized spacial score (nSPS) is 11.4. The van der Waals surface area contributed by atoms with Crippen LogP contribution >= 0.6 is 0 Å². The molecule has 96 valence electrons. The van der Waals surface area contributed by atoms with E-state index in [2.05, 4.69) is 0 Å². The van der Waals surface area contributed by atoms with Crippen molar-refractivity contribution in [2.75, 3.05) is 22.3 Å². The van der Waals surface area contributed by atoms with E-state index in [-0.39, 0.29) is 5.75 Å². The summed E-state index contributed by atoms with van der Waals surface area (Å²) in [4.78, 5) is 0. The van der Waals surface area contributed by atoms with Crippen LogP contribution in [0.4, 0.5) is 11.4 Å². The lowest BCUT2D eigenvalue weighted by Gasteiger charge is -2.23. The van der Waals surface area contributed by atoms with Gasteiger partial charge in [-0.2, -0.15) is 0 Å². The molecule has 0 radical (unpaired) electrons. The fourth-order valence-corrected chi connectivity index (χ4v) is 3.28. The average Bonchev–Trinajstić information content (AvgIpc) is 2.27. The van der Waals surface area contributed by atoms with E-state index in [1.807, 2.05) is 13.8 Å². The van der Waals surface area contributed by atoms with Gasteiger partial charge in [-0.05, 0) is 37.1 Å². The van der Waals surface area contributed by atoms with Gasteiger partial charge in [-0.15, -0.1) is 0 Å². The van der Waals surface area contributed by atoms with Gasteiger partial charge in [-0.3, -0.25) is 4.31 Å². The summed E-state index contributed by atoms with van der Waals surface area (Å²) in [6.07, 6.45) is 1.41. The number of hydrogen-bond acceptors (Lipinski definition) is 3. The molecule has 1 aromatic rings. The van der Waals surface area contributed by atoms with E-state index in [0.717, 1.165) is 6.42 Å². The van der Waals surface area contributed by atoms with Gasteiger partial charge in [0.25, 0.3) is 0 Å². The highest BCUT2D eigenvalue weighted by Gasteiger charge is 2.20. The van der Waals surface area contributed by atoms with Gasteiger partial charge in [0, 0.05) is 12.2 Å². The van der Waals surface area contributed by atoms with Gasteiger partial charge in [0.1, 0.15) is 0 Å². The summed E-state index contributed by atoms with van der Waals surface area (Å²) in [5.74, 6) is 0.178. The first kappa shape index (κ1) is 13.8. The zero-order valence-electron chi connectivity index (χ0n) is 10.4. The Balaban J connectivity index is 3.04. The molecule has 0 aliphatic carbocycles. The van der Waals surface area contributed by atoms with Crippen LogP contribution < -0.4 is 10.0 Å². The lowest BCUT2D eigenvalue weighted by atomic mass is 10.3. The van der Waals surface area contributed by atoms with Crippen molar-refractivity contribution in [1.82, 2.24) is 0 Å². The molecule has 0 bridgehead atoms. The van der Waals surface area contributed by atoms with Crippen LogP contribution in [0.2, 0.25) is 0 Å². The molecule has 0 spiro atoms. The topological polar surface area (TPSA) is 63.4 Å². The van der Waals surface area contributed by atoms with Crippen LogP contribution in [-0.4, -0.2) is 20.7 Å². The number of hydrogen-bond donors (Lipinski definition) is 1. The van der Waals surface area contributed by atoms with Crippen molar-refractivity contribution >= 4 is 21.4 Å². The molecule has 0 heterocycles. The van der Waals surface area contributed by atoms with E-state index in [1.54, 1.807) is 24.3 Å². The van der Waals surface area contributed by atoms with Crippen LogP contribution in [-0.2, 0) is 10.0 Å². The second-order valence-electron chi connectivity index (χ2n) is 3.98. The van der Waals surface area contributed by atoms with Gasteiger partial charge in [0.05, 0.1) is 11.4 Å². The highest BCUT2D eigenvalue weighted by Crippen LogP contribution is 2.20. The van der Waals surface area contributed by atoms with Gasteiger partial charge in [0.2, 0.25) is 10.0 Å². The molecule has 17 heavy (non-hydrogen) atoms. The van der Waals surface area contributed by atoms with Crippen molar-refractivity contribution in [1.29, 1.82) is 0 Å². The Kier molecular flexibility index (Phi) is 4.81. The molecule has 1 rings (SSSR count). The summed E-state index contributed by atoms with van der Waals surface area (Å²) in [5.41, 5.74) is 6.93. The van der Waals surface area contributed by atoms with Crippen LogP contribution in [0.1, 0.15) is 26.7 Å². The van der Waals surface area contributed by atoms with E-state index >= 15 is 0 Å². The third-order valence-corrected chi connectivity index (χ3v) is 4.39. The number of nitrogens with two attached hydrogens (primary N) is 1. The van der Waals surface area contributed by atoms with Crippen LogP contribution in [0.3, 0.4) is 0 Å². The predicted octanol–water partition coefficient (Wildman–Crippen LogP) is 2.23. The van der Waals surface area contributed by atoms with Crippen LogP contribution in [0.5, 0.6) is 0 Å². The number of nitrogen functional groups attached to an aromatic ring is 1. The third-order valence-electron chi connectivity index (χ3n) is 2.41. The Morgan fingerprint density at radius 3 is 2.18 bits per heavy atom. The van der Waals surface area contributed by atoms with Gasteiger partial charge in [-0.1, -0.05) is 13.8 Å². The molecule has 2 N–H and O–H groups in total. The smallest absolute Gasteiger partial charge is 0.235 e. The van der Waals surface area contributed by atoms with Gasteiger partial charge < -0.3 is 5.73 Å². The summed E-state index contributed by atoms with van der Waals surface area (Å²) in [6, 6.07) is 6.94. The molecule has 0 unspecified atom stereocenters. The lowest BCUT2D eigenvalue weighted by molar-refractivity contribution is 0.588. The molecule has 1 aromatic carbocycles. The SMILES string of the molecule is CCCN(c1ccc(N)cc1)S(=O)(=O)CCC. The Labute approximate surface area is 103 Å². The summed E-state index contributed by atoms with van der Waals surface area (Å²) in [5, 5.41) is 0. The number of anilines is 2. The molecule has 0 saturated carbocycles. The minimum Gasteiger partial charge on any atom is -0.399 e. The van der Waals surface area contributed by atoms with Gasteiger partial charge in [-0.25, -0.2) is 8.42 Å². The maximum absolute atomic E-state index is 12.1. The molecule has 4 nitrogen and oxygen atoms in total. The first-order valence-corrected chi connectivity index (χ1v) is 7.48. The fourth-order valence-electron chi connectivity index (χ4n) is 1.64. The fraction of sp³-hybridized carbons (Fsp3) is 0.500. The second kappa shape index (κ2) is 5.91. The monoisotopic (exact) mass is 256 g/mol. The summed E-state index contributed by atoms with van der Waals surface area (Å²) in [6.45, 7) is 4.34. The minimum absolute atomic E-state index is 0.178. The Hall–Kier alpha value is -1.23. The standard InChI is InChI=1S/C12H20N2O2S/c1-3-9-14(17(15,16)10-4-2)12-7-5-11(13)6-8-12/h5-8H,3-4,9-10,13H2,1-2H3. The van der Waals surface area contributed by atoms with Gasteiger partial charge >= 0.3 is 0 Å². The van der Waals surface area contributed by atoms with Crippen molar-refractivity contribution in [3.05, 3.63) is 24.3 Å². The number of nitrogens with zero attached hydrogens (tertiary/aromatic N) is 1. The van der Waals surface area contributed by atoms with Crippen LogP contribution in [0.25, 0.3) is 0 Å². The van der Waals surface area contributed by atoms with Crippen LogP contribution in [0, 0.1) is 0 Å². The zero-order valence-corrected chi connectivity index (χ0v) is 11.2. The molecule has 0 atom stereocenters. The number of sulfonamides is 1. The molecule has 0 saturated heterocycles. The maximum Gasteiger partial charge on any atom is 0.235 e. The van der Waals surface area contributed by atoms with Crippen LogP contribution in [0.15, 0.2) is 24.3 Å². The summed E-state index contributed by atoms with van der Waals surface area (Å²) >= 11 is 0. The third kappa shape index (κ3) is 3.63. The van der Waals surface area contributed by atoms with Crippen molar-refractivity contribution in [2.24, 2.45) is 0 Å². The van der Waals surface area contributed by atoms with E-state index in [0.29, 0.717) is 24.3 Å². The highest BCUT2D eigenvalue weighted by molar-refractivity contribution is 7.92. The molecule has 0 fully saturated rings. The van der Waals surface area contributed by atoms with Crippen molar-refractivity contribution in [3.8, 4) is 0 Å². The molecule has 0 aliphatic heterocycles. The summed E-state index contributed by atoms with van der Waals surface area (Å²) < 4.78 is 25.7. The molecule has 0 aromatic heterocycles. The van der Waals surface area contributed by atoms with E-state index in [1.165, 1.54) is 4.31 Å². The molecule has 0 aliphatic rings. The minimum atomic E-state index is -3.21. The molecule has 0 amide bonds. The Morgan fingerprint density at radius 2 is 1.71 bits per heavy atom. The average molecular weight is 256 g/mol. The molecular weight excluding hydrogens is 236 g/mol. The van der Waals surface area contributed by atoms with Gasteiger partial charge in [0.15, 0.2) is 0 Å². The van der Waals surface area contributed by atoms with E-state index in [9.17, 15) is 8.42 Å². The van der Waals surface area contributed by atoms with E-state index < -0.39 is 10.0 Å². The predicted molar refractivity (Wildman–Crippen MR) is 72.6 cm³/mol. The number of rotatable bonds is 6. The maximum atomic E-state index is 12.1. The first-order chi connectivity index (χ1) is 8.01. The first-order valence-electron chi connectivity index (χ1n) is 5.87. The number of benzene rings is 1. The zero-order chi connectivity index (χ0) is 12.9. The quantitative estimate of drug-likeness (QED) is 0.794. The Bertz CT molecular complexity index is 440. The van der Waals surface area contributed by atoms with Crippen molar-refractivity contribution in [3.63, 3.8) is 0 Å².